The summed E-state index contributed by atoms with van der Waals surface area (Å²) in [7, 11) is 1.65. The second kappa shape index (κ2) is 7.96. The molecule has 2 aromatic rings. The molecule has 0 aromatic heterocycles. The fourth-order valence-corrected chi connectivity index (χ4v) is 3.90. The lowest BCUT2D eigenvalue weighted by Crippen LogP contribution is -2.47. The van der Waals surface area contributed by atoms with E-state index in [9.17, 15) is 4.79 Å². The molecule has 0 saturated heterocycles. The third-order valence-electron chi connectivity index (χ3n) is 4.99. The summed E-state index contributed by atoms with van der Waals surface area (Å²) in [6.45, 7) is 7.17. The molecule has 0 bridgehead atoms. The van der Waals surface area contributed by atoms with E-state index in [0.29, 0.717) is 23.8 Å². The van der Waals surface area contributed by atoms with Crippen LogP contribution in [0.15, 0.2) is 47.7 Å². The van der Waals surface area contributed by atoms with Crippen LogP contribution in [0, 0.1) is 0 Å². The van der Waals surface area contributed by atoms with Crippen molar-refractivity contribution in [2.45, 2.75) is 26.8 Å². The van der Waals surface area contributed by atoms with Crippen molar-refractivity contribution in [3.8, 4) is 5.75 Å². The summed E-state index contributed by atoms with van der Waals surface area (Å²) in [5.74, 6) is 0.730. The second-order valence-electron chi connectivity index (χ2n) is 6.45. The van der Waals surface area contributed by atoms with Gasteiger partial charge in [0.2, 0.25) is 0 Å². The molecule has 0 unspecified atom stereocenters. The predicted octanol–water partition coefficient (Wildman–Crippen LogP) is 3.51. The Morgan fingerprint density at radius 3 is 2.56 bits per heavy atom. The van der Waals surface area contributed by atoms with Crippen LogP contribution in [0.2, 0.25) is 0 Å². The summed E-state index contributed by atoms with van der Waals surface area (Å²) in [6, 6.07) is 11.7. The maximum atomic E-state index is 13.3. The Balaban J connectivity index is 2.24. The zero-order valence-corrected chi connectivity index (χ0v) is 16.9. The smallest absolute Gasteiger partial charge is 0.253 e. The number of allylic oxidation sites excluding steroid dienone is 1. The lowest BCUT2D eigenvalue weighted by molar-refractivity contribution is -0.127. The van der Waals surface area contributed by atoms with Gasteiger partial charge in [-0.15, -0.1) is 0 Å². The number of ether oxygens (including phenoxy) is 1. The number of methoxy groups -OCH3 is 1. The van der Waals surface area contributed by atoms with Crippen molar-refractivity contribution >= 4 is 34.0 Å². The van der Waals surface area contributed by atoms with Crippen molar-refractivity contribution in [1.29, 1.82) is 0 Å². The van der Waals surface area contributed by atoms with Crippen molar-refractivity contribution in [1.82, 2.24) is 15.5 Å². The van der Waals surface area contributed by atoms with Crippen molar-refractivity contribution in [2.75, 3.05) is 20.2 Å². The van der Waals surface area contributed by atoms with Gasteiger partial charge in [-0.3, -0.25) is 4.79 Å². The third-order valence-corrected chi connectivity index (χ3v) is 5.21. The normalized spacial score (nSPS) is 16.7. The van der Waals surface area contributed by atoms with E-state index < -0.39 is 0 Å². The molecule has 3 rings (SSSR count). The average Bonchev–Trinajstić information content (AvgIpc) is 2.67. The summed E-state index contributed by atoms with van der Waals surface area (Å²) in [4.78, 5) is 15.1. The van der Waals surface area contributed by atoms with Gasteiger partial charge in [0.1, 0.15) is 5.75 Å². The highest BCUT2D eigenvalue weighted by Crippen LogP contribution is 2.38. The number of hydrogen-bond donors (Lipinski definition) is 2. The average molecular weight is 384 g/mol. The number of rotatable bonds is 5. The number of fused-ring (bicyclic) bond motifs is 1. The molecule has 5 nitrogen and oxygen atoms in total. The maximum Gasteiger partial charge on any atom is 0.253 e. The largest absolute Gasteiger partial charge is 0.496 e. The molecule has 27 heavy (non-hydrogen) atoms. The molecule has 0 saturated carbocycles. The van der Waals surface area contributed by atoms with Crippen LogP contribution in [0.4, 0.5) is 0 Å². The topological polar surface area (TPSA) is 53.6 Å². The van der Waals surface area contributed by atoms with Crippen molar-refractivity contribution < 1.29 is 9.53 Å². The van der Waals surface area contributed by atoms with Gasteiger partial charge in [-0.05, 0) is 49.8 Å². The van der Waals surface area contributed by atoms with E-state index in [4.69, 9.17) is 17.0 Å². The zero-order chi connectivity index (χ0) is 19.6. The number of amides is 1. The first-order valence-electron chi connectivity index (χ1n) is 9.14. The van der Waals surface area contributed by atoms with Gasteiger partial charge in [-0.1, -0.05) is 30.3 Å². The van der Waals surface area contributed by atoms with Gasteiger partial charge < -0.3 is 20.3 Å². The van der Waals surface area contributed by atoms with Crippen LogP contribution in [-0.2, 0) is 4.79 Å². The zero-order valence-electron chi connectivity index (χ0n) is 16.1. The van der Waals surface area contributed by atoms with E-state index in [0.717, 1.165) is 27.8 Å². The van der Waals surface area contributed by atoms with Crippen LogP contribution >= 0.6 is 12.2 Å². The van der Waals surface area contributed by atoms with Crippen molar-refractivity contribution in [3.05, 3.63) is 53.2 Å². The van der Waals surface area contributed by atoms with Crippen LogP contribution in [-0.4, -0.2) is 36.1 Å². The molecule has 0 aliphatic carbocycles. The summed E-state index contributed by atoms with van der Waals surface area (Å²) < 4.78 is 5.67. The first kappa shape index (κ1) is 19.2. The molecule has 0 radical (unpaired) electrons. The van der Waals surface area contributed by atoms with E-state index in [-0.39, 0.29) is 11.9 Å². The van der Waals surface area contributed by atoms with Gasteiger partial charge in [-0.25, -0.2) is 0 Å². The number of hydrogen-bond acceptors (Lipinski definition) is 3. The molecular formula is C21H25N3O2S. The molecule has 1 aliphatic rings. The molecule has 0 fully saturated rings. The minimum absolute atomic E-state index is 0.0000118. The SMILES string of the molecule is CCN(CC)C(=O)C1=C(C)NC(=S)N[C@H]1c1c(OC)ccc2ccccc12. The lowest BCUT2D eigenvalue weighted by atomic mass is 9.90. The number of nitrogens with zero attached hydrogens (tertiary/aromatic N) is 1. The Kier molecular flexibility index (Phi) is 5.65. The van der Waals surface area contributed by atoms with E-state index >= 15 is 0 Å². The molecule has 1 aliphatic heterocycles. The standard InChI is InChI=1S/C21H25N3O2S/c1-5-24(6-2)20(25)17-13(3)22-21(27)23-19(17)18-15-10-8-7-9-14(15)11-12-16(18)26-4/h7-12,19H,5-6H2,1-4H3,(H2,22,23,27)/t19-/m1/s1. The molecule has 6 heteroatoms. The molecule has 2 N–H and O–H groups in total. The molecule has 1 heterocycles. The van der Waals surface area contributed by atoms with Gasteiger partial charge in [0.15, 0.2) is 5.11 Å². The number of carbonyl (C=O) groups is 1. The van der Waals surface area contributed by atoms with Crippen LogP contribution in [0.25, 0.3) is 10.8 Å². The Labute approximate surface area is 165 Å². The first-order valence-corrected chi connectivity index (χ1v) is 9.55. The maximum absolute atomic E-state index is 13.3. The molecular weight excluding hydrogens is 358 g/mol. The van der Waals surface area contributed by atoms with Gasteiger partial charge in [0.05, 0.1) is 18.7 Å². The fraction of sp³-hybridized carbons (Fsp3) is 0.333. The summed E-state index contributed by atoms with van der Waals surface area (Å²) in [5.41, 5.74) is 2.37. The van der Waals surface area contributed by atoms with Crippen molar-refractivity contribution in [3.63, 3.8) is 0 Å². The van der Waals surface area contributed by atoms with Gasteiger partial charge in [0.25, 0.3) is 5.91 Å². The van der Waals surface area contributed by atoms with Crippen LogP contribution in [0.1, 0.15) is 32.4 Å². The molecule has 142 valence electrons. The van der Waals surface area contributed by atoms with Crippen LogP contribution < -0.4 is 15.4 Å². The Hall–Kier alpha value is -2.60. The Morgan fingerprint density at radius 2 is 1.89 bits per heavy atom. The highest BCUT2D eigenvalue weighted by atomic mass is 32.1. The summed E-state index contributed by atoms with van der Waals surface area (Å²) >= 11 is 5.40. The third kappa shape index (κ3) is 3.49. The molecule has 1 amide bonds. The highest BCUT2D eigenvalue weighted by Gasteiger charge is 2.34. The Morgan fingerprint density at radius 1 is 1.19 bits per heavy atom. The number of benzene rings is 2. The summed E-state index contributed by atoms with van der Waals surface area (Å²) in [5, 5.41) is 9.04. The van der Waals surface area contributed by atoms with Gasteiger partial charge in [0, 0.05) is 24.4 Å². The van der Waals surface area contributed by atoms with Crippen LogP contribution in [0.3, 0.4) is 0 Å². The first-order chi connectivity index (χ1) is 13.0. The molecule has 0 spiro atoms. The summed E-state index contributed by atoms with van der Waals surface area (Å²) in [6.07, 6.45) is 0. The monoisotopic (exact) mass is 383 g/mol. The van der Waals surface area contributed by atoms with Crippen molar-refractivity contribution in [2.24, 2.45) is 0 Å². The number of carbonyl (C=O) groups excluding carboxylic acids is 1. The van der Waals surface area contributed by atoms with E-state index in [1.54, 1.807) is 7.11 Å². The fourth-order valence-electron chi connectivity index (χ4n) is 3.63. The minimum Gasteiger partial charge on any atom is -0.496 e. The van der Waals surface area contributed by atoms with E-state index in [1.807, 2.05) is 49.9 Å². The van der Waals surface area contributed by atoms with Gasteiger partial charge in [-0.2, -0.15) is 0 Å². The predicted molar refractivity (Wildman–Crippen MR) is 113 cm³/mol. The van der Waals surface area contributed by atoms with Crippen LogP contribution in [0.5, 0.6) is 5.75 Å². The molecule has 2 aromatic carbocycles. The number of nitrogens with one attached hydrogen (secondary N) is 2. The Bertz CT molecular complexity index is 919. The molecule has 1 atom stereocenters. The number of thiocarbonyl (C=S) groups is 1. The highest BCUT2D eigenvalue weighted by molar-refractivity contribution is 7.80. The quantitative estimate of drug-likeness (QED) is 0.774. The minimum atomic E-state index is -0.382. The van der Waals surface area contributed by atoms with E-state index in [2.05, 4.69) is 22.8 Å². The van der Waals surface area contributed by atoms with Gasteiger partial charge >= 0.3 is 0 Å². The number of likely N-dealkylation sites (N-methyl/N-ethyl adjacent to an activating group) is 1. The van der Waals surface area contributed by atoms with E-state index in [1.165, 1.54) is 0 Å². The second-order valence-corrected chi connectivity index (χ2v) is 6.86. The lowest BCUT2D eigenvalue weighted by Gasteiger charge is -2.34.